The van der Waals surface area contributed by atoms with Gasteiger partial charge in [-0.15, -0.1) is 0 Å². The van der Waals surface area contributed by atoms with Gasteiger partial charge in [-0.3, -0.25) is 28.8 Å². The number of halogens is 1. The number of benzene rings is 3. The van der Waals surface area contributed by atoms with Crippen LogP contribution >= 0.6 is 16.3 Å². The van der Waals surface area contributed by atoms with Gasteiger partial charge in [-0.25, -0.2) is 0 Å². The second kappa shape index (κ2) is 26.5. The van der Waals surface area contributed by atoms with Gasteiger partial charge in [0.25, 0.3) is 5.91 Å². The predicted molar refractivity (Wildman–Crippen MR) is 279 cm³/mol. The van der Waals surface area contributed by atoms with Crippen LogP contribution in [0.25, 0.3) is 0 Å². The van der Waals surface area contributed by atoms with E-state index in [4.69, 9.17) is 18.1 Å². The molecular weight excluding hydrogens is 985 g/mol. The van der Waals surface area contributed by atoms with Crippen LogP contribution in [-0.2, 0) is 61.6 Å². The summed E-state index contributed by atoms with van der Waals surface area (Å²) in [7, 11) is 0. The molecule has 2 aliphatic rings. The first-order valence-electron chi connectivity index (χ1n) is 25.2. The summed E-state index contributed by atoms with van der Waals surface area (Å²) in [4.78, 5) is 84.4. The highest BCUT2D eigenvalue weighted by molar-refractivity contribution is 9.06. The van der Waals surface area contributed by atoms with Crippen LogP contribution in [0.5, 0.6) is 5.75 Å². The summed E-state index contributed by atoms with van der Waals surface area (Å²) >= 11 is 2.89. The number of oxime groups is 1. The molecule has 3 aromatic rings. The summed E-state index contributed by atoms with van der Waals surface area (Å²) in [6, 6.07) is 20.4. The van der Waals surface area contributed by atoms with Crippen molar-refractivity contribution in [1.29, 1.82) is 0 Å². The summed E-state index contributed by atoms with van der Waals surface area (Å²) in [6.07, 6.45) is 2.07. The second-order valence-corrected chi connectivity index (χ2v) is 21.7. The van der Waals surface area contributed by atoms with Crippen LogP contribution in [0.4, 0.5) is 0 Å². The van der Waals surface area contributed by atoms with E-state index < -0.39 is 58.9 Å². The fraction of sp³-hybridized carbons (Fsp3) is 0.545. The van der Waals surface area contributed by atoms with Crippen LogP contribution in [-0.4, -0.2) is 115 Å². The molecule has 2 saturated heterocycles. The summed E-state index contributed by atoms with van der Waals surface area (Å²) in [5.74, 6) is -2.02. The van der Waals surface area contributed by atoms with Crippen LogP contribution in [0.3, 0.4) is 0 Å². The lowest BCUT2D eigenvalue weighted by Crippen LogP contribution is -2.61. The fourth-order valence-electron chi connectivity index (χ4n) is 8.63. The van der Waals surface area contributed by atoms with E-state index in [9.17, 15) is 28.8 Å². The Balaban J connectivity index is 1.39. The van der Waals surface area contributed by atoms with Crippen molar-refractivity contribution in [2.24, 2.45) is 22.4 Å². The summed E-state index contributed by atoms with van der Waals surface area (Å²) < 4.78 is 22.3. The number of carbonyl (C=O) groups excluding carboxylic acids is 6. The largest absolute Gasteiger partial charge is 0.425 e. The van der Waals surface area contributed by atoms with E-state index in [1.54, 1.807) is 40.7 Å². The highest BCUT2D eigenvalue weighted by Gasteiger charge is 2.50. The van der Waals surface area contributed by atoms with Crippen LogP contribution < -0.4 is 26.0 Å². The lowest BCUT2D eigenvalue weighted by atomic mass is 9.93. The molecule has 2 fully saturated rings. The molecule has 0 spiro atoms. The van der Waals surface area contributed by atoms with Gasteiger partial charge in [-0.1, -0.05) is 93.5 Å². The number of nitrogens with zero attached hydrogens (tertiary/aromatic N) is 2. The smallest absolute Gasteiger partial charge is 0.316 e. The van der Waals surface area contributed by atoms with E-state index in [1.165, 1.54) is 0 Å². The van der Waals surface area contributed by atoms with E-state index >= 15 is 0 Å². The number of esters is 1. The number of amides is 4. The molecule has 2 aliphatic heterocycles. The quantitative estimate of drug-likeness (QED) is 0.0168. The molecule has 1 unspecified atom stereocenters. The van der Waals surface area contributed by atoms with Crippen molar-refractivity contribution in [3.8, 4) is 5.75 Å². The zero-order valence-corrected chi connectivity index (χ0v) is 45.1. The number of ether oxygens (including phenoxy) is 3. The molecule has 16 nitrogen and oxygen atoms in total. The third kappa shape index (κ3) is 17.6. The van der Waals surface area contributed by atoms with Crippen LogP contribution in [0.15, 0.2) is 84.0 Å². The Morgan fingerprint density at radius 1 is 0.736 bits per heavy atom. The van der Waals surface area contributed by atoms with Crippen LogP contribution in [0.1, 0.15) is 110 Å². The number of quaternary nitrogens is 1. The lowest BCUT2D eigenvalue weighted by Gasteiger charge is -2.41. The number of hydrogen-bond acceptors (Lipinski definition) is 11. The van der Waals surface area contributed by atoms with Crippen molar-refractivity contribution in [3.05, 3.63) is 101 Å². The Morgan fingerprint density at radius 2 is 1.31 bits per heavy atom. The van der Waals surface area contributed by atoms with Crippen molar-refractivity contribution in [1.82, 2.24) is 21.3 Å². The van der Waals surface area contributed by atoms with Crippen molar-refractivity contribution >= 4 is 57.4 Å². The molecule has 5 rings (SSSR count). The predicted octanol–water partition coefficient (Wildman–Crippen LogP) is 6.69. The molecular formula is C55H76BrN6O10+. The minimum Gasteiger partial charge on any atom is -0.425 e. The van der Waals surface area contributed by atoms with E-state index in [-0.39, 0.29) is 55.9 Å². The van der Waals surface area contributed by atoms with Crippen molar-refractivity contribution in [2.75, 3.05) is 39.5 Å². The fourth-order valence-corrected chi connectivity index (χ4v) is 8.84. The highest BCUT2D eigenvalue weighted by Crippen LogP contribution is 2.30. The Labute approximate surface area is 434 Å². The topological polar surface area (TPSA) is 203 Å². The highest BCUT2D eigenvalue weighted by atomic mass is 79.9. The normalized spacial score (nSPS) is 18.2. The van der Waals surface area contributed by atoms with Gasteiger partial charge in [0.1, 0.15) is 49.1 Å². The number of ketones is 1. The Hall–Kier alpha value is -5.49. The molecule has 72 heavy (non-hydrogen) atoms. The van der Waals surface area contributed by atoms with E-state index in [2.05, 4.69) is 42.7 Å². The van der Waals surface area contributed by atoms with Crippen LogP contribution in [0, 0.1) is 17.3 Å². The lowest BCUT2D eigenvalue weighted by molar-refractivity contribution is -0.940. The monoisotopic (exact) mass is 1060 g/mol. The number of carbonyl (C=O) groups is 6. The van der Waals surface area contributed by atoms with Gasteiger partial charge in [-0.2, -0.15) is 0 Å². The first-order chi connectivity index (χ1) is 34.1. The molecule has 4 amide bonds. The molecule has 0 bridgehead atoms. The molecule has 0 saturated carbocycles. The first-order valence-corrected chi connectivity index (χ1v) is 25.8. The molecule has 2 heterocycles. The van der Waals surface area contributed by atoms with E-state index in [1.807, 2.05) is 100 Å². The third-order valence-corrected chi connectivity index (χ3v) is 13.2. The maximum absolute atomic E-state index is 14.7. The Morgan fingerprint density at radius 3 is 1.88 bits per heavy atom. The standard InChI is InChI=1S/C55H75BrN6O10/c1-36(2)20-23-44(51(66)60-46(32-40-18-14-11-15-19-40)52(67)59-45(30-37(3)4)49(64)55(9)35-70-55)58-50(65)43(24-21-39-16-12-10-13-17-39)57-48(63)34-62(26-28-69-29-27-62)33-41-22-25-47(71-53(68)54(6,7)8)42(31-41)38(5)61-72-56/h10-19,22,25,31,36-37,43-46H,20-21,23-24,26-30,32-35H2,1-9H3,(H3-,57,58,59,60,63,65,66,67)/p+1/b61-38+/t43-,44-,45?,46-,55+/m0/s1. The molecule has 17 heteroatoms. The molecule has 3 aromatic carbocycles. The summed E-state index contributed by atoms with van der Waals surface area (Å²) in [5, 5.41) is 16.0. The van der Waals surface area contributed by atoms with Crippen molar-refractivity contribution < 1.29 is 51.4 Å². The van der Waals surface area contributed by atoms with Crippen LogP contribution in [0.2, 0.25) is 0 Å². The maximum atomic E-state index is 14.7. The average Bonchev–Trinajstić information content (AvgIpc) is 4.09. The second-order valence-electron chi connectivity index (χ2n) is 21.4. The molecule has 392 valence electrons. The number of rotatable bonds is 26. The zero-order chi connectivity index (χ0) is 52.6. The molecule has 0 radical (unpaired) electrons. The summed E-state index contributed by atoms with van der Waals surface area (Å²) in [6.45, 7) is 19.3. The van der Waals surface area contributed by atoms with Gasteiger partial charge in [0.05, 0.1) is 37.0 Å². The number of hydrogen-bond donors (Lipinski definition) is 4. The van der Waals surface area contributed by atoms with E-state index in [0.29, 0.717) is 73.6 Å². The van der Waals surface area contributed by atoms with Gasteiger partial charge in [0, 0.05) is 17.5 Å². The zero-order valence-electron chi connectivity index (χ0n) is 43.5. The minimum absolute atomic E-state index is 0.0191. The van der Waals surface area contributed by atoms with Gasteiger partial charge in [0.2, 0.25) is 34.0 Å². The minimum atomic E-state index is -1.09. The Bertz CT molecular complexity index is 2340. The first kappa shape index (κ1) is 57.4. The SMILES string of the molecule is C/C(=N\OBr)c1cc(C[N+]2(CC(=O)N[C@@H](CCc3ccccc3)C(=O)N[C@@H](CCC(C)C)C(=O)N[C@@H](Cc3ccccc3)C(=O)NC(CC(C)C)C(=O)[C@@]3(C)CO3)CCOCC2)ccc1OC(=O)C(C)(C)C. The summed E-state index contributed by atoms with van der Waals surface area (Å²) in [5.41, 5.74) is 1.90. The number of epoxide rings is 1. The van der Waals surface area contributed by atoms with E-state index in [0.717, 1.165) is 16.7 Å². The molecule has 0 aromatic heterocycles. The molecule has 5 atom stereocenters. The number of nitrogens with one attached hydrogen (secondary N) is 4. The van der Waals surface area contributed by atoms with Gasteiger partial charge < -0.3 is 43.9 Å². The number of Topliss-reactive ketones (excluding diaryl/α,β-unsaturated/α-hetero) is 1. The number of aryl methyl sites for hydroxylation is 1. The molecule has 0 aliphatic carbocycles. The van der Waals surface area contributed by atoms with Crippen molar-refractivity contribution in [2.45, 2.75) is 137 Å². The maximum Gasteiger partial charge on any atom is 0.316 e. The molecule has 4 N–H and O–H groups in total. The third-order valence-electron chi connectivity index (χ3n) is 13.1. The van der Waals surface area contributed by atoms with Gasteiger partial charge in [0.15, 0.2) is 12.3 Å². The Kier molecular flexibility index (Phi) is 21.1. The van der Waals surface area contributed by atoms with Gasteiger partial charge in [-0.05, 0) is 108 Å². The van der Waals surface area contributed by atoms with Crippen molar-refractivity contribution in [3.63, 3.8) is 0 Å². The number of morpholine rings is 1. The average molecular weight is 1060 g/mol. The van der Waals surface area contributed by atoms with Gasteiger partial charge >= 0.3 is 5.97 Å².